The Kier molecular flexibility index (Phi) is 6.34. The van der Waals surface area contributed by atoms with E-state index in [1.807, 2.05) is 80.6 Å². The van der Waals surface area contributed by atoms with Gasteiger partial charge >= 0.3 is 0 Å². The monoisotopic (exact) mass is 447 g/mol. The number of aryl methyl sites for hydroxylation is 2. The molecule has 1 heterocycles. The van der Waals surface area contributed by atoms with E-state index in [0.717, 1.165) is 37.1 Å². The van der Waals surface area contributed by atoms with Crippen molar-refractivity contribution in [3.05, 3.63) is 83.4 Å². The highest BCUT2D eigenvalue weighted by atomic mass is 32.2. The minimum Gasteiger partial charge on any atom is -0.325 e. The average Bonchev–Trinajstić information content (AvgIpc) is 3.15. The van der Waals surface area contributed by atoms with Gasteiger partial charge in [0.15, 0.2) is 4.34 Å². The molecule has 156 valence electrons. The molecule has 3 aromatic carbocycles. The number of fused-ring (bicyclic) bond motifs is 1. The molecular weight excluding hydrogens is 426 g/mol. The van der Waals surface area contributed by atoms with E-state index in [0.29, 0.717) is 5.56 Å². The highest BCUT2D eigenvalue weighted by molar-refractivity contribution is 8.01. The van der Waals surface area contributed by atoms with Crippen molar-refractivity contribution in [2.24, 2.45) is 0 Å². The number of carbonyl (C=O) groups excluding carboxylic acids is 2. The molecule has 7 heteroatoms. The molecule has 5 nitrogen and oxygen atoms in total. The third kappa shape index (κ3) is 5.31. The van der Waals surface area contributed by atoms with Gasteiger partial charge in [0.1, 0.15) is 0 Å². The van der Waals surface area contributed by atoms with E-state index in [4.69, 9.17) is 0 Å². The second kappa shape index (κ2) is 9.32. The van der Waals surface area contributed by atoms with Gasteiger partial charge in [-0.25, -0.2) is 4.98 Å². The van der Waals surface area contributed by atoms with Crippen molar-refractivity contribution in [1.82, 2.24) is 4.98 Å². The molecule has 2 N–H and O–H groups in total. The van der Waals surface area contributed by atoms with Crippen LogP contribution in [-0.2, 0) is 4.79 Å². The van der Waals surface area contributed by atoms with E-state index in [-0.39, 0.29) is 17.6 Å². The first-order valence-corrected chi connectivity index (χ1v) is 11.5. The van der Waals surface area contributed by atoms with Crippen molar-refractivity contribution in [2.75, 3.05) is 16.4 Å². The average molecular weight is 448 g/mol. The van der Waals surface area contributed by atoms with Crippen LogP contribution in [0.4, 0.5) is 11.4 Å². The summed E-state index contributed by atoms with van der Waals surface area (Å²) < 4.78 is 1.78. The number of anilines is 2. The quantitative estimate of drug-likeness (QED) is 0.361. The fourth-order valence-corrected chi connectivity index (χ4v) is 5.02. The third-order valence-electron chi connectivity index (χ3n) is 4.64. The molecule has 0 spiro atoms. The van der Waals surface area contributed by atoms with Crippen LogP contribution in [-0.4, -0.2) is 22.6 Å². The van der Waals surface area contributed by atoms with Gasteiger partial charge in [0.25, 0.3) is 5.91 Å². The summed E-state index contributed by atoms with van der Waals surface area (Å²) >= 11 is 2.91. The lowest BCUT2D eigenvalue weighted by Crippen LogP contribution is -2.13. The smallest absolute Gasteiger partial charge is 0.255 e. The molecule has 0 saturated heterocycles. The summed E-state index contributed by atoms with van der Waals surface area (Å²) in [4.78, 5) is 29.4. The molecule has 2 amide bonds. The van der Waals surface area contributed by atoms with E-state index in [9.17, 15) is 9.59 Å². The Morgan fingerprint density at radius 2 is 1.74 bits per heavy atom. The SMILES string of the molecule is Cc1cccc(NC(=O)CSc2nc3ccc(NC(=O)c4ccccc4C)cc3s2)c1. The molecule has 0 saturated carbocycles. The molecule has 0 fully saturated rings. The number of thiazole rings is 1. The number of nitrogens with one attached hydrogen (secondary N) is 2. The lowest BCUT2D eigenvalue weighted by atomic mass is 10.1. The molecule has 4 rings (SSSR count). The number of amides is 2. The van der Waals surface area contributed by atoms with Crippen LogP contribution in [0.1, 0.15) is 21.5 Å². The Morgan fingerprint density at radius 3 is 2.55 bits per heavy atom. The van der Waals surface area contributed by atoms with Gasteiger partial charge in [-0.3, -0.25) is 9.59 Å². The molecule has 0 atom stereocenters. The molecule has 0 aliphatic carbocycles. The maximum Gasteiger partial charge on any atom is 0.255 e. The molecule has 0 unspecified atom stereocenters. The van der Waals surface area contributed by atoms with Crippen LogP contribution >= 0.6 is 23.1 Å². The highest BCUT2D eigenvalue weighted by Gasteiger charge is 2.12. The summed E-state index contributed by atoms with van der Waals surface area (Å²) in [6.45, 7) is 3.91. The number of hydrogen-bond acceptors (Lipinski definition) is 5. The molecule has 0 radical (unpaired) electrons. The number of nitrogens with zero attached hydrogens (tertiary/aromatic N) is 1. The molecule has 0 bridgehead atoms. The van der Waals surface area contributed by atoms with Gasteiger partial charge in [-0.15, -0.1) is 11.3 Å². The Labute approximate surface area is 188 Å². The zero-order valence-corrected chi connectivity index (χ0v) is 18.8. The summed E-state index contributed by atoms with van der Waals surface area (Å²) in [5.41, 5.74) is 5.05. The zero-order chi connectivity index (χ0) is 21.8. The minimum atomic E-state index is -0.135. The first-order chi connectivity index (χ1) is 15.0. The predicted molar refractivity (Wildman–Crippen MR) is 129 cm³/mol. The van der Waals surface area contributed by atoms with Gasteiger partial charge in [-0.1, -0.05) is 42.1 Å². The largest absolute Gasteiger partial charge is 0.325 e. The van der Waals surface area contributed by atoms with Crippen LogP contribution in [0.3, 0.4) is 0 Å². The number of hydrogen-bond donors (Lipinski definition) is 2. The lowest BCUT2D eigenvalue weighted by Gasteiger charge is -2.07. The number of thioether (sulfide) groups is 1. The minimum absolute atomic E-state index is 0.0685. The van der Waals surface area contributed by atoms with Crippen molar-refractivity contribution < 1.29 is 9.59 Å². The van der Waals surface area contributed by atoms with Crippen molar-refractivity contribution in [3.63, 3.8) is 0 Å². The van der Waals surface area contributed by atoms with E-state index in [2.05, 4.69) is 15.6 Å². The van der Waals surface area contributed by atoms with Gasteiger partial charge < -0.3 is 10.6 Å². The predicted octanol–water partition coefficient (Wildman–Crippen LogP) is 5.90. The second-order valence-electron chi connectivity index (χ2n) is 7.14. The van der Waals surface area contributed by atoms with Gasteiger partial charge in [-0.2, -0.15) is 0 Å². The van der Waals surface area contributed by atoms with Gasteiger partial charge in [-0.05, 0) is 61.4 Å². The van der Waals surface area contributed by atoms with Crippen molar-refractivity contribution >= 4 is 56.5 Å². The van der Waals surface area contributed by atoms with Crippen LogP contribution in [0.25, 0.3) is 10.2 Å². The fourth-order valence-electron chi connectivity index (χ4n) is 3.12. The van der Waals surface area contributed by atoms with Gasteiger partial charge in [0.05, 0.1) is 16.0 Å². The summed E-state index contributed by atoms with van der Waals surface area (Å²) in [6, 6.07) is 20.9. The molecule has 0 aliphatic heterocycles. The summed E-state index contributed by atoms with van der Waals surface area (Å²) in [6.07, 6.45) is 0. The summed E-state index contributed by atoms with van der Waals surface area (Å²) in [5.74, 6) is 0.0791. The van der Waals surface area contributed by atoms with E-state index in [1.54, 1.807) is 0 Å². The molecular formula is C24H21N3O2S2. The molecule has 0 aliphatic rings. The number of carbonyl (C=O) groups is 2. The maximum absolute atomic E-state index is 12.6. The number of rotatable bonds is 6. The van der Waals surface area contributed by atoms with Gasteiger partial charge in [0, 0.05) is 16.9 Å². The Bertz CT molecular complexity index is 1270. The second-order valence-corrected chi connectivity index (χ2v) is 9.39. The normalized spacial score (nSPS) is 10.8. The van der Waals surface area contributed by atoms with Crippen LogP contribution < -0.4 is 10.6 Å². The first-order valence-electron chi connectivity index (χ1n) is 9.75. The zero-order valence-electron chi connectivity index (χ0n) is 17.1. The molecule has 1 aromatic heterocycles. The van der Waals surface area contributed by atoms with E-state index < -0.39 is 0 Å². The Balaban J connectivity index is 1.40. The van der Waals surface area contributed by atoms with Crippen LogP contribution in [0.15, 0.2) is 71.1 Å². The van der Waals surface area contributed by atoms with Crippen molar-refractivity contribution in [1.29, 1.82) is 0 Å². The highest BCUT2D eigenvalue weighted by Crippen LogP contribution is 2.31. The third-order valence-corrected chi connectivity index (χ3v) is 6.81. The maximum atomic E-state index is 12.6. The van der Waals surface area contributed by atoms with Crippen LogP contribution in [0, 0.1) is 13.8 Å². The van der Waals surface area contributed by atoms with E-state index >= 15 is 0 Å². The van der Waals surface area contributed by atoms with Gasteiger partial charge in [0.2, 0.25) is 5.91 Å². The Morgan fingerprint density at radius 1 is 0.935 bits per heavy atom. The lowest BCUT2D eigenvalue weighted by molar-refractivity contribution is -0.113. The topological polar surface area (TPSA) is 71.1 Å². The fraction of sp³-hybridized carbons (Fsp3) is 0.125. The standard InChI is InChI=1S/C24H21N3O2S2/c1-15-6-5-8-17(12-15)25-22(28)14-30-24-27-20-11-10-18(13-21(20)31-24)26-23(29)19-9-4-3-7-16(19)2/h3-13H,14H2,1-2H3,(H,25,28)(H,26,29). The molecule has 4 aromatic rings. The van der Waals surface area contributed by atoms with Crippen molar-refractivity contribution in [3.8, 4) is 0 Å². The molecule has 31 heavy (non-hydrogen) atoms. The van der Waals surface area contributed by atoms with E-state index in [1.165, 1.54) is 23.1 Å². The number of benzene rings is 3. The van der Waals surface area contributed by atoms with Crippen LogP contribution in [0.2, 0.25) is 0 Å². The first kappa shape index (κ1) is 21.1. The van der Waals surface area contributed by atoms with Crippen molar-refractivity contribution in [2.45, 2.75) is 18.2 Å². The van der Waals surface area contributed by atoms with Crippen LogP contribution in [0.5, 0.6) is 0 Å². The summed E-state index contributed by atoms with van der Waals surface area (Å²) in [7, 11) is 0. The Hall–Kier alpha value is -3.16. The summed E-state index contributed by atoms with van der Waals surface area (Å²) in [5, 5.41) is 5.86. The number of aromatic nitrogens is 1.